The van der Waals surface area contributed by atoms with Crippen LogP contribution in [0.5, 0.6) is 5.75 Å². The molecule has 0 aliphatic rings. The van der Waals surface area contributed by atoms with Crippen molar-refractivity contribution >= 4 is 38.3 Å². The van der Waals surface area contributed by atoms with E-state index in [0.717, 1.165) is 15.0 Å². The average molecular weight is 450 g/mol. The first-order valence-corrected chi connectivity index (χ1v) is 9.94. The van der Waals surface area contributed by atoms with E-state index in [1.54, 1.807) is 0 Å². The van der Waals surface area contributed by atoms with Crippen molar-refractivity contribution in [1.82, 2.24) is 10.2 Å². The number of amides is 1. The molecule has 0 aliphatic carbocycles. The fraction of sp³-hybridized carbons (Fsp3) is 0.211. The Morgan fingerprint density at radius 2 is 2.04 bits per heavy atom. The van der Waals surface area contributed by atoms with Gasteiger partial charge in [0.1, 0.15) is 16.6 Å². The zero-order valence-corrected chi connectivity index (χ0v) is 16.9. The van der Waals surface area contributed by atoms with Gasteiger partial charge >= 0.3 is 0 Å². The van der Waals surface area contributed by atoms with Gasteiger partial charge in [-0.3, -0.25) is 10.1 Å². The van der Waals surface area contributed by atoms with Crippen LogP contribution in [0.25, 0.3) is 0 Å². The average Bonchev–Trinajstić information content (AvgIpc) is 3.08. The Labute approximate surface area is 168 Å². The van der Waals surface area contributed by atoms with E-state index in [-0.39, 0.29) is 11.7 Å². The Kier molecular flexibility index (Phi) is 6.52. The van der Waals surface area contributed by atoms with Crippen molar-refractivity contribution < 1.29 is 13.9 Å². The molecule has 2 aromatic carbocycles. The lowest BCUT2D eigenvalue weighted by Crippen LogP contribution is -2.32. The van der Waals surface area contributed by atoms with Crippen LogP contribution in [0, 0.1) is 5.82 Å². The number of ether oxygens (including phenoxy) is 1. The highest BCUT2D eigenvalue weighted by Crippen LogP contribution is 2.21. The van der Waals surface area contributed by atoms with Crippen molar-refractivity contribution in [3.8, 4) is 5.75 Å². The zero-order valence-electron chi connectivity index (χ0n) is 14.5. The van der Waals surface area contributed by atoms with E-state index in [9.17, 15) is 9.18 Å². The van der Waals surface area contributed by atoms with Gasteiger partial charge in [0.05, 0.1) is 0 Å². The molecule has 1 N–H and O–H groups in total. The van der Waals surface area contributed by atoms with Crippen LogP contribution >= 0.6 is 27.3 Å². The van der Waals surface area contributed by atoms with E-state index in [4.69, 9.17) is 4.74 Å². The summed E-state index contributed by atoms with van der Waals surface area (Å²) in [4.78, 5) is 12.4. The summed E-state index contributed by atoms with van der Waals surface area (Å²) >= 11 is 4.77. The first kappa shape index (κ1) is 19.4. The minimum Gasteiger partial charge on any atom is -0.481 e. The minimum atomic E-state index is -0.701. The van der Waals surface area contributed by atoms with Gasteiger partial charge < -0.3 is 4.74 Å². The lowest BCUT2D eigenvalue weighted by atomic mass is 10.2. The Hall–Kier alpha value is -2.32. The molecule has 3 aromatic rings. The number of halogens is 2. The molecule has 0 aliphatic heterocycles. The summed E-state index contributed by atoms with van der Waals surface area (Å²) in [6, 6.07) is 13.5. The second kappa shape index (κ2) is 9.05. The highest BCUT2D eigenvalue weighted by Gasteiger charge is 2.20. The van der Waals surface area contributed by atoms with Crippen LogP contribution in [0.15, 0.2) is 53.0 Å². The summed E-state index contributed by atoms with van der Waals surface area (Å²) in [5, 5.41) is 12.1. The van der Waals surface area contributed by atoms with Gasteiger partial charge in [-0.05, 0) is 48.4 Å². The van der Waals surface area contributed by atoms with Crippen LogP contribution in [0.3, 0.4) is 0 Å². The van der Waals surface area contributed by atoms with Gasteiger partial charge in [0.25, 0.3) is 5.91 Å². The predicted molar refractivity (Wildman–Crippen MR) is 107 cm³/mol. The number of carbonyl (C=O) groups excluding carboxylic acids is 1. The third-order valence-corrected chi connectivity index (χ3v) is 5.03. The maximum Gasteiger partial charge on any atom is 0.267 e. The Morgan fingerprint density at radius 3 is 2.74 bits per heavy atom. The second-order valence-corrected chi connectivity index (χ2v) is 7.74. The number of benzene rings is 2. The van der Waals surface area contributed by atoms with Crippen molar-refractivity contribution in [2.75, 3.05) is 5.32 Å². The predicted octanol–water partition coefficient (Wildman–Crippen LogP) is 4.83. The van der Waals surface area contributed by atoms with Crippen molar-refractivity contribution in [2.24, 2.45) is 0 Å². The number of hydrogen-bond acceptors (Lipinski definition) is 5. The topological polar surface area (TPSA) is 64.1 Å². The van der Waals surface area contributed by atoms with E-state index in [1.165, 1.54) is 35.6 Å². The van der Waals surface area contributed by atoms with Crippen molar-refractivity contribution in [3.63, 3.8) is 0 Å². The molecule has 0 spiro atoms. The molecule has 27 heavy (non-hydrogen) atoms. The molecule has 0 fully saturated rings. The molecule has 0 radical (unpaired) electrons. The third-order valence-electron chi connectivity index (χ3n) is 3.70. The van der Waals surface area contributed by atoms with Crippen LogP contribution in [-0.2, 0) is 11.2 Å². The first-order valence-electron chi connectivity index (χ1n) is 8.33. The molecule has 140 valence electrons. The normalized spacial score (nSPS) is 11.8. The van der Waals surface area contributed by atoms with Crippen LogP contribution in [0.2, 0.25) is 0 Å². The Bertz CT molecular complexity index is 917. The summed E-state index contributed by atoms with van der Waals surface area (Å²) in [5.74, 6) is -0.232. The van der Waals surface area contributed by atoms with Gasteiger partial charge in [-0.2, -0.15) is 0 Å². The molecular formula is C19H17BrFN3O2S. The van der Waals surface area contributed by atoms with Crippen LogP contribution < -0.4 is 10.1 Å². The molecule has 1 heterocycles. The van der Waals surface area contributed by atoms with Crippen molar-refractivity contribution in [2.45, 2.75) is 25.9 Å². The largest absolute Gasteiger partial charge is 0.481 e. The lowest BCUT2D eigenvalue weighted by Gasteiger charge is -2.16. The summed E-state index contributed by atoms with van der Waals surface area (Å²) < 4.78 is 19.6. The fourth-order valence-corrected chi connectivity index (χ4v) is 3.61. The summed E-state index contributed by atoms with van der Waals surface area (Å²) in [6.45, 7) is 1.84. The number of hydrogen-bond donors (Lipinski definition) is 1. The molecule has 0 unspecified atom stereocenters. The standard InChI is InChI=1S/C19H17BrFN3O2S/c1-2-16(26-15-8-6-14(21)7-9-15)18(25)22-19-24-23-17(27-19)11-12-4-3-5-13(20)10-12/h3-10,16H,2,11H2,1H3,(H,22,24,25)/t16-/m1/s1. The van der Waals surface area contributed by atoms with E-state index in [1.807, 2.05) is 31.2 Å². The number of aromatic nitrogens is 2. The van der Waals surface area contributed by atoms with Gasteiger partial charge in [-0.15, -0.1) is 10.2 Å². The number of carbonyl (C=O) groups is 1. The van der Waals surface area contributed by atoms with E-state index in [0.29, 0.717) is 23.7 Å². The van der Waals surface area contributed by atoms with E-state index >= 15 is 0 Å². The molecule has 5 nitrogen and oxygen atoms in total. The molecule has 1 amide bonds. The highest BCUT2D eigenvalue weighted by molar-refractivity contribution is 9.10. The SMILES string of the molecule is CC[C@@H](Oc1ccc(F)cc1)C(=O)Nc1nnc(Cc2cccc(Br)c2)s1. The quantitative estimate of drug-likeness (QED) is 0.560. The van der Waals surface area contributed by atoms with Crippen molar-refractivity contribution in [3.05, 3.63) is 69.4 Å². The van der Waals surface area contributed by atoms with Crippen LogP contribution in [-0.4, -0.2) is 22.2 Å². The molecule has 3 rings (SSSR count). The maximum atomic E-state index is 13.0. The van der Waals surface area contributed by atoms with Crippen LogP contribution in [0.1, 0.15) is 23.9 Å². The Morgan fingerprint density at radius 1 is 1.26 bits per heavy atom. The number of anilines is 1. The molecular weight excluding hydrogens is 433 g/mol. The summed E-state index contributed by atoms with van der Waals surface area (Å²) in [5.41, 5.74) is 1.10. The fourth-order valence-electron chi connectivity index (χ4n) is 2.38. The summed E-state index contributed by atoms with van der Waals surface area (Å²) in [6.07, 6.45) is 0.399. The second-order valence-electron chi connectivity index (χ2n) is 5.77. The lowest BCUT2D eigenvalue weighted by molar-refractivity contribution is -0.122. The first-order chi connectivity index (χ1) is 13.0. The van der Waals surface area contributed by atoms with Gasteiger partial charge in [0.15, 0.2) is 6.10 Å². The minimum absolute atomic E-state index is 0.313. The molecule has 0 saturated heterocycles. The molecule has 8 heteroatoms. The molecule has 1 aromatic heterocycles. The third kappa shape index (κ3) is 5.58. The maximum absolute atomic E-state index is 13.0. The van der Waals surface area contributed by atoms with Gasteiger partial charge in [0, 0.05) is 10.9 Å². The smallest absolute Gasteiger partial charge is 0.267 e. The molecule has 1 atom stereocenters. The van der Waals surface area contributed by atoms with E-state index in [2.05, 4.69) is 31.4 Å². The van der Waals surface area contributed by atoms with Gasteiger partial charge in [-0.1, -0.05) is 46.3 Å². The van der Waals surface area contributed by atoms with E-state index < -0.39 is 6.10 Å². The van der Waals surface area contributed by atoms with Gasteiger partial charge in [0.2, 0.25) is 5.13 Å². The van der Waals surface area contributed by atoms with Crippen LogP contribution in [0.4, 0.5) is 9.52 Å². The number of nitrogens with one attached hydrogen (secondary N) is 1. The zero-order chi connectivity index (χ0) is 19.2. The number of nitrogens with zero attached hydrogens (tertiary/aromatic N) is 2. The summed E-state index contributed by atoms with van der Waals surface area (Å²) in [7, 11) is 0. The van der Waals surface area contributed by atoms with Crippen molar-refractivity contribution in [1.29, 1.82) is 0 Å². The highest BCUT2D eigenvalue weighted by atomic mass is 79.9. The monoisotopic (exact) mass is 449 g/mol. The molecule has 0 saturated carbocycles. The van der Waals surface area contributed by atoms with Gasteiger partial charge in [-0.25, -0.2) is 4.39 Å². The molecule has 0 bridgehead atoms. The Balaban J connectivity index is 1.61. The number of rotatable bonds is 7.